The molecular weight excluding hydrogens is 382 g/mol. The van der Waals surface area contributed by atoms with Crippen LogP contribution in [0.4, 0.5) is 0 Å². The Bertz CT molecular complexity index is 1010. The maximum atomic E-state index is 12.9. The minimum atomic E-state index is -1.26. The van der Waals surface area contributed by atoms with Crippen LogP contribution < -0.4 is 0 Å². The van der Waals surface area contributed by atoms with E-state index in [0.29, 0.717) is 34.4 Å². The number of amides is 2. The van der Waals surface area contributed by atoms with Crippen molar-refractivity contribution in [1.29, 1.82) is 0 Å². The van der Waals surface area contributed by atoms with Crippen LogP contribution in [0, 0.1) is 12.8 Å². The molecule has 0 spiro atoms. The van der Waals surface area contributed by atoms with Crippen molar-refractivity contribution in [2.75, 3.05) is 6.54 Å². The predicted octanol–water partition coefficient (Wildman–Crippen LogP) is 3.11. The van der Waals surface area contributed by atoms with Crippen molar-refractivity contribution in [3.8, 4) is 0 Å². The summed E-state index contributed by atoms with van der Waals surface area (Å²) in [6, 6.07) is 6.62. The lowest BCUT2D eigenvalue weighted by molar-refractivity contribution is -0.141. The van der Waals surface area contributed by atoms with Crippen LogP contribution in [0.1, 0.15) is 41.0 Å². The van der Waals surface area contributed by atoms with Gasteiger partial charge in [0.1, 0.15) is 11.7 Å². The van der Waals surface area contributed by atoms with Gasteiger partial charge in [-0.2, -0.15) is 5.10 Å². The number of fused-ring (bicyclic) bond motifs is 1. The zero-order valence-electron chi connectivity index (χ0n) is 15.8. The Kier molecular flexibility index (Phi) is 5.38. The number of carbonyl (C=O) groups is 3. The van der Waals surface area contributed by atoms with E-state index in [0.717, 1.165) is 4.90 Å². The molecule has 1 aliphatic rings. The molecule has 0 aliphatic carbocycles. The highest BCUT2D eigenvalue weighted by Crippen LogP contribution is 2.32. The van der Waals surface area contributed by atoms with Gasteiger partial charge in [0.05, 0.1) is 5.69 Å². The summed E-state index contributed by atoms with van der Waals surface area (Å²) in [5.41, 5.74) is 2.16. The largest absolute Gasteiger partial charge is 0.480 e. The number of carbonyl (C=O) groups excluding carboxylic acids is 2. The third-order valence-electron chi connectivity index (χ3n) is 4.40. The Balaban J connectivity index is 2.16. The minimum absolute atomic E-state index is 0.213. The first kappa shape index (κ1) is 19.8. The fourth-order valence-electron chi connectivity index (χ4n) is 3.16. The van der Waals surface area contributed by atoms with Crippen LogP contribution in [0.15, 0.2) is 24.3 Å². The quantitative estimate of drug-likeness (QED) is 0.613. The van der Waals surface area contributed by atoms with Crippen LogP contribution >= 0.6 is 11.6 Å². The van der Waals surface area contributed by atoms with Gasteiger partial charge in [-0.25, -0.2) is 0 Å². The van der Waals surface area contributed by atoms with Gasteiger partial charge in [0.2, 0.25) is 0 Å². The van der Waals surface area contributed by atoms with Crippen molar-refractivity contribution in [3.05, 3.63) is 51.8 Å². The minimum Gasteiger partial charge on any atom is -0.480 e. The molecule has 2 amide bonds. The molecular formula is C20H20ClN3O4. The van der Waals surface area contributed by atoms with Gasteiger partial charge in [-0.05, 0) is 30.5 Å². The molecule has 1 aromatic heterocycles. The highest BCUT2D eigenvalue weighted by Gasteiger charge is 2.36. The number of aromatic nitrogens is 2. The average Bonchev–Trinajstić information content (AvgIpc) is 2.88. The Morgan fingerprint density at radius 3 is 2.46 bits per heavy atom. The van der Waals surface area contributed by atoms with Crippen molar-refractivity contribution in [1.82, 2.24) is 14.7 Å². The SMILES string of the molecule is Cc1nn(CC(C)C)c(Cl)c1/C=C1\C(=O)N(CC(=O)O)C(=O)c2ccccc21. The Morgan fingerprint density at radius 1 is 1.21 bits per heavy atom. The number of nitrogens with zero attached hydrogens (tertiary/aromatic N) is 3. The van der Waals surface area contributed by atoms with Gasteiger partial charge >= 0.3 is 5.97 Å². The second kappa shape index (κ2) is 7.59. The number of benzene rings is 1. The normalized spacial score (nSPS) is 15.5. The van der Waals surface area contributed by atoms with Crippen molar-refractivity contribution in [2.24, 2.45) is 5.92 Å². The topological polar surface area (TPSA) is 92.5 Å². The summed E-state index contributed by atoms with van der Waals surface area (Å²) in [5, 5.41) is 13.9. The molecule has 0 saturated carbocycles. The molecule has 0 bridgehead atoms. The summed E-state index contributed by atoms with van der Waals surface area (Å²) in [4.78, 5) is 37.4. The Labute approximate surface area is 167 Å². The van der Waals surface area contributed by atoms with Gasteiger partial charge in [-0.1, -0.05) is 43.6 Å². The number of hydrogen-bond acceptors (Lipinski definition) is 4. The molecule has 2 heterocycles. The number of aryl methyl sites for hydroxylation is 1. The molecule has 0 fully saturated rings. The van der Waals surface area contributed by atoms with Crippen LogP contribution in [-0.4, -0.2) is 44.1 Å². The zero-order chi connectivity index (χ0) is 20.6. The molecule has 0 atom stereocenters. The number of imide groups is 1. The van der Waals surface area contributed by atoms with E-state index in [1.807, 2.05) is 13.8 Å². The van der Waals surface area contributed by atoms with Crippen molar-refractivity contribution < 1.29 is 19.5 Å². The van der Waals surface area contributed by atoms with Crippen LogP contribution in [0.25, 0.3) is 11.6 Å². The molecule has 0 saturated heterocycles. The molecule has 1 N–H and O–H groups in total. The number of carboxylic acid groups (broad SMARTS) is 1. The molecule has 1 aliphatic heterocycles. The highest BCUT2D eigenvalue weighted by molar-refractivity contribution is 6.36. The lowest BCUT2D eigenvalue weighted by atomic mass is 9.92. The van der Waals surface area contributed by atoms with Crippen molar-refractivity contribution in [3.63, 3.8) is 0 Å². The van der Waals surface area contributed by atoms with Gasteiger partial charge in [-0.15, -0.1) is 0 Å². The van der Waals surface area contributed by atoms with E-state index in [4.69, 9.17) is 16.7 Å². The first-order valence-electron chi connectivity index (χ1n) is 8.82. The number of hydrogen-bond donors (Lipinski definition) is 1. The summed E-state index contributed by atoms with van der Waals surface area (Å²) in [7, 11) is 0. The van der Waals surface area contributed by atoms with E-state index in [1.54, 1.807) is 41.9 Å². The third kappa shape index (κ3) is 3.57. The Hall–Kier alpha value is -2.93. The lowest BCUT2D eigenvalue weighted by Crippen LogP contribution is -2.44. The van der Waals surface area contributed by atoms with E-state index in [-0.39, 0.29) is 11.1 Å². The summed E-state index contributed by atoms with van der Waals surface area (Å²) < 4.78 is 1.67. The van der Waals surface area contributed by atoms with E-state index in [9.17, 15) is 14.4 Å². The predicted molar refractivity (Wildman–Crippen MR) is 105 cm³/mol. The first-order chi connectivity index (χ1) is 13.2. The number of aliphatic carboxylic acids is 1. The van der Waals surface area contributed by atoms with Crippen LogP contribution in [0.3, 0.4) is 0 Å². The molecule has 3 rings (SSSR count). The maximum absolute atomic E-state index is 12.9. The standard InChI is InChI=1S/C20H20ClN3O4/c1-11(2)9-24-18(21)15(12(3)22-24)8-16-13-6-4-5-7-14(13)19(27)23(20(16)28)10-17(25)26/h4-8,11H,9-10H2,1-3H3,(H,25,26)/b16-8-. The van der Waals surface area contributed by atoms with Crippen LogP contribution in [0.5, 0.6) is 0 Å². The number of rotatable bonds is 5. The fourth-order valence-corrected chi connectivity index (χ4v) is 3.46. The highest BCUT2D eigenvalue weighted by atomic mass is 35.5. The summed E-state index contributed by atoms with van der Waals surface area (Å²) in [5.74, 6) is -2.23. The second-order valence-electron chi connectivity index (χ2n) is 7.06. The molecule has 0 unspecified atom stereocenters. The van der Waals surface area contributed by atoms with Gasteiger partial charge < -0.3 is 5.11 Å². The van der Waals surface area contributed by atoms with Gasteiger partial charge in [0.25, 0.3) is 11.8 Å². The van der Waals surface area contributed by atoms with Gasteiger partial charge in [0.15, 0.2) is 0 Å². The van der Waals surface area contributed by atoms with Crippen molar-refractivity contribution >= 4 is 41.0 Å². The smallest absolute Gasteiger partial charge is 0.323 e. The summed E-state index contributed by atoms with van der Waals surface area (Å²) in [6.45, 7) is 5.79. The molecule has 7 nitrogen and oxygen atoms in total. The first-order valence-corrected chi connectivity index (χ1v) is 9.20. The lowest BCUT2D eigenvalue weighted by Gasteiger charge is -2.27. The van der Waals surface area contributed by atoms with Crippen molar-refractivity contribution in [2.45, 2.75) is 27.3 Å². The summed E-state index contributed by atoms with van der Waals surface area (Å²) in [6.07, 6.45) is 1.59. The fraction of sp³-hybridized carbons (Fsp3) is 0.300. The number of carboxylic acids is 1. The van der Waals surface area contributed by atoms with E-state index >= 15 is 0 Å². The molecule has 28 heavy (non-hydrogen) atoms. The maximum Gasteiger partial charge on any atom is 0.323 e. The molecule has 146 valence electrons. The van der Waals surface area contributed by atoms with Gasteiger partial charge in [0, 0.05) is 23.2 Å². The molecule has 0 radical (unpaired) electrons. The monoisotopic (exact) mass is 401 g/mol. The zero-order valence-corrected chi connectivity index (χ0v) is 16.5. The van der Waals surface area contributed by atoms with E-state index in [2.05, 4.69) is 5.10 Å². The number of halogens is 1. The van der Waals surface area contributed by atoms with Gasteiger partial charge in [-0.3, -0.25) is 24.0 Å². The summed E-state index contributed by atoms with van der Waals surface area (Å²) >= 11 is 6.49. The van der Waals surface area contributed by atoms with E-state index in [1.165, 1.54) is 0 Å². The third-order valence-corrected chi connectivity index (χ3v) is 4.80. The molecule has 8 heteroatoms. The van der Waals surface area contributed by atoms with Crippen LogP contribution in [0.2, 0.25) is 5.15 Å². The molecule has 2 aromatic rings. The average molecular weight is 402 g/mol. The Morgan fingerprint density at radius 2 is 1.86 bits per heavy atom. The second-order valence-corrected chi connectivity index (χ2v) is 7.42. The van der Waals surface area contributed by atoms with Crippen LogP contribution in [-0.2, 0) is 16.1 Å². The molecule has 1 aromatic carbocycles. The van der Waals surface area contributed by atoms with E-state index < -0.39 is 24.3 Å².